The fourth-order valence-electron chi connectivity index (χ4n) is 2.66. The zero-order valence-corrected chi connectivity index (χ0v) is 11.7. The van der Waals surface area contributed by atoms with Crippen molar-refractivity contribution in [1.82, 2.24) is 10.3 Å². The van der Waals surface area contributed by atoms with Crippen LogP contribution in [-0.2, 0) is 0 Å². The van der Waals surface area contributed by atoms with Gasteiger partial charge in [-0.15, -0.1) is 0 Å². The number of halogens is 3. The summed E-state index contributed by atoms with van der Waals surface area (Å²) in [6.07, 6.45) is 2.89. The SMILES string of the molecule is Fc1cncc(C(Oc2ccc(F)cc2F)C2CCNC2)c1. The average Bonchev–Trinajstić information content (AvgIpc) is 3.00. The van der Waals surface area contributed by atoms with E-state index in [0.29, 0.717) is 12.1 Å². The molecule has 0 radical (unpaired) electrons. The van der Waals surface area contributed by atoms with Crippen molar-refractivity contribution in [3.63, 3.8) is 0 Å². The minimum Gasteiger partial charge on any atom is -0.482 e. The molecule has 116 valence electrons. The number of rotatable bonds is 4. The fourth-order valence-corrected chi connectivity index (χ4v) is 2.66. The summed E-state index contributed by atoms with van der Waals surface area (Å²) >= 11 is 0. The molecule has 2 heterocycles. The van der Waals surface area contributed by atoms with E-state index in [1.807, 2.05) is 0 Å². The summed E-state index contributed by atoms with van der Waals surface area (Å²) in [4.78, 5) is 3.83. The molecule has 6 heteroatoms. The van der Waals surface area contributed by atoms with Gasteiger partial charge >= 0.3 is 0 Å². The van der Waals surface area contributed by atoms with Crippen molar-refractivity contribution in [1.29, 1.82) is 0 Å². The van der Waals surface area contributed by atoms with Gasteiger partial charge < -0.3 is 10.1 Å². The Balaban J connectivity index is 1.91. The van der Waals surface area contributed by atoms with Gasteiger partial charge in [0.05, 0.1) is 6.20 Å². The van der Waals surface area contributed by atoms with Gasteiger partial charge in [-0.25, -0.2) is 13.2 Å². The summed E-state index contributed by atoms with van der Waals surface area (Å²) in [6, 6.07) is 4.47. The highest BCUT2D eigenvalue weighted by atomic mass is 19.1. The molecule has 1 aromatic carbocycles. The Kier molecular flexibility index (Phi) is 4.29. The first kappa shape index (κ1) is 14.8. The molecule has 3 rings (SSSR count). The molecule has 1 fully saturated rings. The third-order valence-corrected chi connectivity index (χ3v) is 3.73. The second-order valence-electron chi connectivity index (χ2n) is 5.30. The third kappa shape index (κ3) is 3.22. The van der Waals surface area contributed by atoms with Gasteiger partial charge in [0.15, 0.2) is 11.6 Å². The Labute approximate surface area is 126 Å². The van der Waals surface area contributed by atoms with Crippen LogP contribution in [0.3, 0.4) is 0 Å². The smallest absolute Gasteiger partial charge is 0.168 e. The van der Waals surface area contributed by atoms with E-state index in [0.717, 1.165) is 31.3 Å². The normalized spacial score (nSPS) is 19.1. The maximum Gasteiger partial charge on any atom is 0.168 e. The predicted octanol–water partition coefficient (Wildman–Crippen LogP) is 3.23. The van der Waals surface area contributed by atoms with Gasteiger partial charge in [-0.1, -0.05) is 0 Å². The molecular formula is C16H15F3N2O. The molecular weight excluding hydrogens is 293 g/mol. The number of nitrogens with one attached hydrogen (secondary N) is 1. The lowest BCUT2D eigenvalue weighted by Gasteiger charge is -2.24. The van der Waals surface area contributed by atoms with Gasteiger partial charge in [0.25, 0.3) is 0 Å². The Bertz CT molecular complexity index is 660. The summed E-state index contributed by atoms with van der Waals surface area (Å²) in [5, 5.41) is 3.20. The molecule has 0 aliphatic carbocycles. The van der Waals surface area contributed by atoms with Crippen molar-refractivity contribution in [2.24, 2.45) is 5.92 Å². The Morgan fingerprint density at radius 1 is 1.14 bits per heavy atom. The van der Waals surface area contributed by atoms with Gasteiger partial charge in [-0.05, 0) is 31.2 Å². The van der Waals surface area contributed by atoms with Crippen molar-refractivity contribution >= 4 is 0 Å². The number of pyridine rings is 1. The zero-order chi connectivity index (χ0) is 15.5. The van der Waals surface area contributed by atoms with Crippen molar-refractivity contribution in [3.05, 3.63) is 59.7 Å². The maximum atomic E-state index is 13.8. The molecule has 1 aromatic heterocycles. The summed E-state index contributed by atoms with van der Waals surface area (Å²) in [6.45, 7) is 1.50. The van der Waals surface area contributed by atoms with Crippen LogP contribution in [0.15, 0.2) is 36.7 Å². The first-order valence-electron chi connectivity index (χ1n) is 7.06. The molecule has 22 heavy (non-hydrogen) atoms. The van der Waals surface area contributed by atoms with Crippen LogP contribution < -0.4 is 10.1 Å². The third-order valence-electron chi connectivity index (χ3n) is 3.73. The second kappa shape index (κ2) is 6.36. The number of nitrogens with zero attached hydrogens (tertiary/aromatic N) is 1. The number of hydrogen-bond acceptors (Lipinski definition) is 3. The first-order valence-corrected chi connectivity index (χ1v) is 7.06. The summed E-state index contributed by atoms with van der Waals surface area (Å²) in [7, 11) is 0. The highest BCUT2D eigenvalue weighted by Gasteiger charge is 2.29. The highest BCUT2D eigenvalue weighted by molar-refractivity contribution is 5.27. The average molecular weight is 308 g/mol. The summed E-state index contributed by atoms with van der Waals surface area (Å²) < 4.78 is 46.0. The standard InChI is InChI=1S/C16H15F3N2O/c17-12-1-2-15(14(19)6-12)22-16(10-3-4-20-7-10)11-5-13(18)9-21-8-11/h1-2,5-6,8-10,16,20H,3-4,7H2. The van der Waals surface area contributed by atoms with E-state index < -0.39 is 23.6 Å². The van der Waals surface area contributed by atoms with Gasteiger partial charge in [0.1, 0.15) is 17.7 Å². The van der Waals surface area contributed by atoms with Crippen molar-refractivity contribution in [3.8, 4) is 5.75 Å². The molecule has 1 N–H and O–H groups in total. The number of aromatic nitrogens is 1. The van der Waals surface area contributed by atoms with E-state index >= 15 is 0 Å². The molecule has 3 nitrogen and oxygen atoms in total. The maximum absolute atomic E-state index is 13.8. The van der Waals surface area contributed by atoms with Crippen molar-refractivity contribution in [2.75, 3.05) is 13.1 Å². The largest absolute Gasteiger partial charge is 0.482 e. The number of benzene rings is 1. The minimum atomic E-state index is -0.777. The highest BCUT2D eigenvalue weighted by Crippen LogP contribution is 2.33. The van der Waals surface area contributed by atoms with Crippen molar-refractivity contribution in [2.45, 2.75) is 12.5 Å². The van der Waals surface area contributed by atoms with Crippen LogP contribution in [0.2, 0.25) is 0 Å². The molecule has 1 aliphatic heterocycles. The molecule has 2 unspecified atom stereocenters. The second-order valence-corrected chi connectivity index (χ2v) is 5.30. The van der Waals surface area contributed by atoms with E-state index in [2.05, 4.69) is 10.3 Å². The predicted molar refractivity (Wildman–Crippen MR) is 74.9 cm³/mol. The van der Waals surface area contributed by atoms with Crippen LogP contribution in [0.25, 0.3) is 0 Å². The molecule has 2 atom stereocenters. The van der Waals surface area contributed by atoms with Crippen molar-refractivity contribution < 1.29 is 17.9 Å². The van der Waals surface area contributed by atoms with Crippen LogP contribution in [0.1, 0.15) is 18.1 Å². The lowest BCUT2D eigenvalue weighted by Crippen LogP contribution is -2.22. The van der Waals surface area contributed by atoms with E-state index in [9.17, 15) is 13.2 Å². The lowest BCUT2D eigenvalue weighted by molar-refractivity contribution is 0.137. The van der Waals surface area contributed by atoms with Crippen LogP contribution >= 0.6 is 0 Å². The molecule has 0 saturated carbocycles. The van der Waals surface area contributed by atoms with E-state index in [-0.39, 0.29) is 11.7 Å². The molecule has 0 amide bonds. The van der Waals surface area contributed by atoms with Gasteiger partial charge in [0, 0.05) is 30.3 Å². The van der Waals surface area contributed by atoms with E-state index in [1.54, 1.807) is 0 Å². The lowest BCUT2D eigenvalue weighted by atomic mass is 9.96. The van der Waals surface area contributed by atoms with Gasteiger partial charge in [-0.3, -0.25) is 4.98 Å². The van der Waals surface area contributed by atoms with Crippen LogP contribution in [0, 0.1) is 23.4 Å². The topological polar surface area (TPSA) is 34.1 Å². The molecule has 0 spiro atoms. The Hall–Kier alpha value is -2.08. The van der Waals surface area contributed by atoms with Gasteiger partial charge in [0.2, 0.25) is 0 Å². The van der Waals surface area contributed by atoms with E-state index in [4.69, 9.17) is 4.74 Å². The summed E-state index contributed by atoms with van der Waals surface area (Å²) in [5.74, 6) is -1.91. The Morgan fingerprint density at radius 3 is 2.68 bits per heavy atom. The van der Waals surface area contributed by atoms with Crippen LogP contribution in [0.5, 0.6) is 5.75 Å². The number of ether oxygens (including phenoxy) is 1. The van der Waals surface area contributed by atoms with Crippen LogP contribution in [0.4, 0.5) is 13.2 Å². The molecule has 0 bridgehead atoms. The fraction of sp³-hybridized carbons (Fsp3) is 0.312. The zero-order valence-electron chi connectivity index (χ0n) is 11.7. The first-order chi connectivity index (χ1) is 10.6. The summed E-state index contributed by atoms with van der Waals surface area (Å²) in [5.41, 5.74) is 0.539. The molecule has 1 saturated heterocycles. The molecule has 2 aromatic rings. The number of hydrogen-bond donors (Lipinski definition) is 1. The van der Waals surface area contributed by atoms with Gasteiger partial charge in [-0.2, -0.15) is 0 Å². The van der Waals surface area contributed by atoms with E-state index in [1.165, 1.54) is 18.3 Å². The quantitative estimate of drug-likeness (QED) is 0.941. The molecule has 1 aliphatic rings. The monoisotopic (exact) mass is 308 g/mol. The minimum absolute atomic E-state index is 0.0532. The Morgan fingerprint density at radius 2 is 2.00 bits per heavy atom. The van der Waals surface area contributed by atoms with Crippen LogP contribution in [-0.4, -0.2) is 18.1 Å².